The molecule has 0 radical (unpaired) electrons. The minimum Gasteiger partial charge on any atom is -0.545 e. The Labute approximate surface area is 139 Å². The fourth-order valence-electron chi connectivity index (χ4n) is 2.53. The molecule has 0 aliphatic heterocycles. The van der Waals surface area contributed by atoms with Gasteiger partial charge in [-0.1, -0.05) is 24.3 Å². The zero-order valence-electron chi connectivity index (χ0n) is 14.9. The number of para-hydroxylation sites is 3. The van der Waals surface area contributed by atoms with Crippen molar-refractivity contribution in [3.8, 4) is 5.75 Å². The molecule has 0 unspecified atom stereocenters. The van der Waals surface area contributed by atoms with Gasteiger partial charge in [0.05, 0.1) is 17.2 Å². The number of hydrogen-bond donors (Lipinski definition) is 0. The van der Waals surface area contributed by atoms with E-state index in [1.54, 1.807) is 0 Å². The van der Waals surface area contributed by atoms with Crippen molar-refractivity contribution in [3.05, 3.63) is 53.9 Å². The maximum absolute atomic E-state index is 6.05. The summed E-state index contributed by atoms with van der Waals surface area (Å²) in [4.78, 5) is 9.26. The van der Waals surface area contributed by atoms with Gasteiger partial charge in [0.15, 0.2) is 5.82 Å². The molecule has 1 aromatic heterocycles. The first-order valence-corrected chi connectivity index (χ1v) is 10.6. The number of imidazole rings is 1. The van der Waals surface area contributed by atoms with Crippen LogP contribution in [-0.2, 0) is 7.05 Å². The zero-order valence-corrected chi connectivity index (χ0v) is 15.1. The van der Waals surface area contributed by atoms with E-state index in [4.69, 9.17) is 4.43 Å². The molecular weight excluding hydrogens is 302 g/mol. The average Bonchev–Trinajstić information content (AvgIpc) is 2.84. The second-order valence-corrected chi connectivity index (χ2v) is 8.20. The van der Waals surface area contributed by atoms with Crippen molar-refractivity contribution in [2.75, 3.05) is 0 Å². The molecule has 0 amide bonds. The molecule has 0 atom stereocenters. The number of benzene rings is 2. The average molecular weight is 324 g/mol. The first-order chi connectivity index (χ1) is 11.1. The van der Waals surface area contributed by atoms with E-state index in [0.717, 1.165) is 33.9 Å². The maximum atomic E-state index is 6.05. The second kappa shape index (κ2) is 6.38. The van der Waals surface area contributed by atoms with E-state index in [2.05, 4.69) is 42.1 Å². The van der Waals surface area contributed by atoms with Gasteiger partial charge in [0.2, 0.25) is 9.04 Å². The number of nitrogens with zero attached hydrogens (tertiary/aromatic N) is 3. The Morgan fingerprint density at radius 2 is 1.96 bits per heavy atom. The number of fused-ring (bicyclic) bond motifs is 1. The van der Waals surface area contributed by atoms with E-state index in [1.165, 1.54) is 0 Å². The minimum atomic E-state index is -1.18. The van der Waals surface area contributed by atoms with Gasteiger partial charge in [-0.25, -0.2) is 9.98 Å². The van der Waals surface area contributed by atoms with Gasteiger partial charge in [0, 0.05) is 7.05 Å². The van der Waals surface area contributed by atoms with Crippen LogP contribution in [0.15, 0.2) is 47.5 Å². The summed E-state index contributed by atoms with van der Waals surface area (Å²) < 4.78 is 8.10. The van der Waals surface area contributed by atoms with Crippen LogP contribution in [0.4, 0.5) is 5.69 Å². The van der Waals surface area contributed by atoms with Gasteiger partial charge in [0.25, 0.3) is 0 Å². The lowest BCUT2D eigenvalue weighted by atomic mass is 10.2. The molecule has 0 N–H and O–H groups in total. The summed E-state index contributed by atoms with van der Waals surface area (Å²) >= 11 is 0. The smallest absolute Gasteiger partial charge is 0.545 e. The highest BCUT2D eigenvalue weighted by atomic mass is 28.3. The molecule has 0 spiro atoms. The van der Waals surface area contributed by atoms with Crippen molar-refractivity contribution in [2.45, 2.75) is 20.0 Å². The summed E-state index contributed by atoms with van der Waals surface area (Å²) in [7, 11) is 0.824. The third kappa shape index (κ3) is 3.19. The highest BCUT2D eigenvalue weighted by molar-refractivity contribution is 6.49. The van der Waals surface area contributed by atoms with Gasteiger partial charge in [-0.2, -0.15) is 0 Å². The Balaban J connectivity index is 0.00000208. The summed E-state index contributed by atoms with van der Waals surface area (Å²) in [6, 6.07) is 14.1. The standard InChI is InChI=1S/C18H21N3OSi/c1-13-8-7-10-15(18(13)22-23(3)4)19-12-17-20-14-9-5-6-11-16(14)21(17)2/h5-12,23H,1-4H3/p+1. The molecule has 23 heavy (non-hydrogen) atoms. The van der Waals surface area contributed by atoms with Crippen molar-refractivity contribution < 1.29 is 5.85 Å². The molecule has 0 aliphatic rings. The fraction of sp³-hybridized carbons (Fsp3) is 0.222. The molecule has 2 aromatic carbocycles. The van der Waals surface area contributed by atoms with Crippen LogP contribution in [0.25, 0.3) is 11.0 Å². The number of rotatable bonds is 4. The molecule has 0 saturated carbocycles. The summed E-state index contributed by atoms with van der Waals surface area (Å²) in [6.07, 6.45) is 1.81. The van der Waals surface area contributed by atoms with Gasteiger partial charge in [-0.05, 0) is 43.8 Å². The molecule has 0 fully saturated rings. The van der Waals surface area contributed by atoms with E-state index in [9.17, 15) is 0 Å². The molecule has 1 heterocycles. The molecule has 118 valence electrons. The molecular formula is C18H22N3OSi+. The Morgan fingerprint density at radius 1 is 1.17 bits per heavy atom. The van der Waals surface area contributed by atoms with Crippen LogP contribution in [0.5, 0.6) is 5.75 Å². The molecule has 4 nitrogen and oxygen atoms in total. The van der Waals surface area contributed by atoms with Crippen LogP contribution in [0.3, 0.4) is 0 Å². The van der Waals surface area contributed by atoms with Gasteiger partial charge >= 0.3 is 1.43 Å². The van der Waals surface area contributed by atoms with E-state index in [-0.39, 0.29) is 1.43 Å². The zero-order chi connectivity index (χ0) is 16.4. The Hall–Kier alpha value is -2.40. The summed E-state index contributed by atoms with van der Waals surface area (Å²) in [5.74, 6) is 1.73. The summed E-state index contributed by atoms with van der Waals surface area (Å²) in [5, 5.41) is 0. The topological polar surface area (TPSA) is 39.4 Å². The SMILES string of the molecule is Cc1cccc(N=Cc2nc3ccccc3n2C)c1O[SiH](C)C.[H+]. The third-order valence-electron chi connectivity index (χ3n) is 3.69. The van der Waals surface area contributed by atoms with E-state index in [1.807, 2.05) is 48.2 Å². The molecule has 3 aromatic rings. The van der Waals surface area contributed by atoms with Gasteiger partial charge in [-0.15, -0.1) is 0 Å². The normalized spacial score (nSPS) is 11.7. The highest BCUT2D eigenvalue weighted by Gasteiger charge is 2.09. The van der Waals surface area contributed by atoms with Gasteiger partial charge in [0.1, 0.15) is 11.4 Å². The van der Waals surface area contributed by atoms with Crippen LogP contribution in [-0.4, -0.2) is 24.8 Å². The summed E-state index contributed by atoms with van der Waals surface area (Å²) in [5.41, 5.74) is 4.06. The number of aliphatic imine (C=N–C) groups is 1. The highest BCUT2D eigenvalue weighted by Crippen LogP contribution is 2.31. The number of aryl methyl sites for hydroxylation is 2. The quantitative estimate of drug-likeness (QED) is 0.535. The van der Waals surface area contributed by atoms with Crippen LogP contribution in [0, 0.1) is 6.92 Å². The van der Waals surface area contributed by atoms with Crippen molar-refractivity contribution in [1.29, 1.82) is 0 Å². The van der Waals surface area contributed by atoms with Gasteiger partial charge < -0.3 is 8.99 Å². The van der Waals surface area contributed by atoms with Crippen LogP contribution < -0.4 is 4.43 Å². The first-order valence-electron chi connectivity index (χ1n) is 7.78. The van der Waals surface area contributed by atoms with Crippen molar-refractivity contribution in [3.63, 3.8) is 0 Å². The Bertz CT molecular complexity index is 874. The lowest BCUT2D eigenvalue weighted by molar-refractivity contribution is 0.577. The molecule has 3 rings (SSSR count). The van der Waals surface area contributed by atoms with Crippen molar-refractivity contribution >= 4 is 32.0 Å². The Kier molecular flexibility index (Phi) is 4.30. The number of hydrogen-bond acceptors (Lipinski definition) is 3. The lowest BCUT2D eigenvalue weighted by Crippen LogP contribution is -2.12. The molecule has 0 bridgehead atoms. The van der Waals surface area contributed by atoms with Crippen LogP contribution in [0.2, 0.25) is 13.1 Å². The van der Waals surface area contributed by atoms with E-state index in [0.29, 0.717) is 0 Å². The van der Waals surface area contributed by atoms with E-state index >= 15 is 0 Å². The first kappa shape index (κ1) is 15.5. The minimum absolute atomic E-state index is 0. The maximum Gasteiger partial charge on any atom is 1.00 e. The Morgan fingerprint density at radius 3 is 2.70 bits per heavy atom. The van der Waals surface area contributed by atoms with Crippen LogP contribution in [0.1, 0.15) is 12.8 Å². The largest absolute Gasteiger partial charge is 1.00 e. The van der Waals surface area contributed by atoms with Crippen LogP contribution >= 0.6 is 0 Å². The summed E-state index contributed by atoms with van der Waals surface area (Å²) in [6.45, 7) is 6.37. The molecule has 0 saturated heterocycles. The van der Waals surface area contributed by atoms with Crippen molar-refractivity contribution in [1.82, 2.24) is 9.55 Å². The monoisotopic (exact) mass is 324 g/mol. The van der Waals surface area contributed by atoms with E-state index < -0.39 is 9.04 Å². The molecule has 5 heteroatoms. The lowest BCUT2D eigenvalue weighted by Gasteiger charge is -2.14. The predicted molar refractivity (Wildman–Crippen MR) is 99.8 cm³/mol. The fourth-order valence-corrected chi connectivity index (χ4v) is 3.31. The predicted octanol–water partition coefficient (Wildman–Crippen LogP) is 4.11. The molecule has 0 aliphatic carbocycles. The second-order valence-electron chi connectivity index (χ2n) is 5.87. The third-order valence-corrected chi connectivity index (χ3v) is 4.39. The van der Waals surface area contributed by atoms with Gasteiger partial charge in [-0.3, -0.25) is 0 Å². The van der Waals surface area contributed by atoms with Crippen molar-refractivity contribution in [2.24, 2.45) is 12.0 Å². The number of aromatic nitrogens is 2.